The largest absolute Gasteiger partial charge is 0.0622 e. The van der Waals surface area contributed by atoms with Crippen molar-refractivity contribution in [3.63, 3.8) is 0 Å². The van der Waals surface area contributed by atoms with E-state index in [0.717, 1.165) is 19.3 Å². The molecule has 244 valence electrons. The summed E-state index contributed by atoms with van der Waals surface area (Å²) in [5.41, 5.74) is 18.3. The van der Waals surface area contributed by atoms with Crippen molar-refractivity contribution in [2.75, 3.05) is 0 Å². The molecule has 0 bridgehead atoms. The molecule has 0 aromatic heterocycles. The van der Waals surface area contributed by atoms with Gasteiger partial charge in [0.05, 0.1) is 0 Å². The molecule has 0 spiro atoms. The first-order chi connectivity index (χ1) is 25.3. The summed E-state index contributed by atoms with van der Waals surface area (Å²) in [6, 6.07) is 75.0. The summed E-state index contributed by atoms with van der Waals surface area (Å²) in [7, 11) is 0. The van der Waals surface area contributed by atoms with Crippen LogP contribution >= 0.6 is 0 Å². The highest BCUT2D eigenvalue weighted by molar-refractivity contribution is 5.77. The second-order valence-corrected chi connectivity index (χ2v) is 13.2. The molecule has 8 aromatic rings. The predicted octanol–water partition coefficient (Wildman–Crippen LogP) is 13.1. The summed E-state index contributed by atoms with van der Waals surface area (Å²) < 4.78 is 0. The molecule has 0 heteroatoms. The minimum Gasteiger partial charge on any atom is -0.0622 e. The lowest BCUT2D eigenvalue weighted by Crippen LogP contribution is -2.03. The van der Waals surface area contributed by atoms with Gasteiger partial charge in [-0.2, -0.15) is 0 Å². The van der Waals surface area contributed by atoms with Crippen molar-refractivity contribution in [1.29, 1.82) is 0 Å². The van der Waals surface area contributed by atoms with E-state index in [9.17, 15) is 0 Å². The summed E-state index contributed by atoms with van der Waals surface area (Å²) in [5, 5.41) is 0. The van der Waals surface area contributed by atoms with E-state index in [1.54, 1.807) is 0 Å². The number of hydrogen-bond acceptors (Lipinski definition) is 0. The summed E-state index contributed by atoms with van der Waals surface area (Å²) in [5.74, 6) is 0. The summed E-state index contributed by atoms with van der Waals surface area (Å²) in [4.78, 5) is 0. The van der Waals surface area contributed by atoms with E-state index >= 15 is 0 Å². The Balaban J connectivity index is 1.24. The zero-order valence-corrected chi connectivity index (χ0v) is 28.8. The van der Waals surface area contributed by atoms with Crippen LogP contribution in [-0.2, 0) is 19.3 Å². The first-order valence-corrected chi connectivity index (χ1v) is 17.9. The molecular weight excluding hydrogens is 613 g/mol. The average Bonchev–Trinajstić information content (AvgIpc) is 3.20. The molecule has 0 amide bonds. The molecule has 51 heavy (non-hydrogen) atoms. The third-order valence-corrected chi connectivity index (χ3v) is 9.95. The highest BCUT2D eigenvalue weighted by atomic mass is 14.2. The Bertz CT molecular complexity index is 2180. The topological polar surface area (TPSA) is 0 Å². The molecule has 0 N–H and O–H groups in total. The molecule has 0 radical (unpaired) electrons. The summed E-state index contributed by atoms with van der Waals surface area (Å²) in [6.07, 6.45) is 2.53. The third kappa shape index (κ3) is 7.09. The van der Waals surface area contributed by atoms with Gasteiger partial charge in [0, 0.05) is 0 Å². The smallest absolute Gasteiger partial charge is 0.00132 e. The van der Waals surface area contributed by atoms with Gasteiger partial charge in [0.2, 0.25) is 0 Å². The number of benzene rings is 8. The van der Waals surface area contributed by atoms with E-state index in [0.29, 0.717) is 0 Å². The van der Waals surface area contributed by atoms with Crippen LogP contribution < -0.4 is 0 Å². The Morgan fingerprint density at radius 2 is 0.451 bits per heavy atom. The maximum absolute atomic E-state index is 2.33. The molecule has 8 rings (SSSR count). The van der Waals surface area contributed by atoms with Gasteiger partial charge in [0.15, 0.2) is 0 Å². The monoisotopic (exact) mass is 652 g/mol. The number of hydrogen-bond donors (Lipinski definition) is 0. The van der Waals surface area contributed by atoms with Crippen LogP contribution in [0.4, 0.5) is 0 Å². The van der Waals surface area contributed by atoms with Crippen molar-refractivity contribution < 1.29 is 0 Å². The third-order valence-electron chi connectivity index (χ3n) is 9.95. The van der Waals surface area contributed by atoms with E-state index in [1.807, 2.05) is 0 Å². The van der Waals surface area contributed by atoms with Crippen LogP contribution in [0.5, 0.6) is 0 Å². The Morgan fingerprint density at radius 1 is 0.196 bits per heavy atom. The lowest BCUT2D eigenvalue weighted by atomic mass is 9.84. The molecule has 0 unspecified atom stereocenters. The van der Waals surface area contributed by atoms with Crippen molar-refractivity contribution >= 4 is 0 Å². The van der Waals surface area contributed by atoms with Crippen molar-refractivity contribution in [3.05, 3.63) is 240 Å². The minimum atomic E-state index is 0.830. The fourth-order valence-corrected chi connectivity index (χ4v) is 7.61. The lowest BCUT2D eigenvalue weighted by molar-refractivity contribution is 1.12. The Morgan fingerprint density at radius 3 is 0.804 bits per heavy atom. The van der Waals surface area contributed by atoms with Gasteiger partial charge in [-0.1, -0.05) is 206 Å². The van der Waals surface area contributed by atoms with Gasteiger partial charge in [-0.15, -0.1) is 0 Å². The highest BCUT2D eigenvalue weighted by Gasteiger charge is 2.18. The highest BCUT2D eigenvalue weighted by Crippen LogP contribution is 2.37. The Kier molecular flexibility index (Phi) is 9.48. The van der Waals surface area contributed by atoms with Gasteiger partial charge >= 0.3 is 0 Å². The van der Waals surface area contributed by atoms with Crippen LogP contribution in [0.25, 0.3) is 44.5 Å². The fraction of sp³-hybridized carbons (Fsp3) is 0.0588. The van der Waals surface area contributed by atoms with Crippen molar-refractivity contribution in [3.8, 4) is 44.5 Å². The average molecular weight is 653 g/mol. The van der Waals surface area contributed by atoms with Gasteiger partial charge in [-0.05, 0) is 97.2 Å². The molecule has 0 heterocycles. The van der Waals surface area contributed by atoms with E-state index in [1.165, 1.54) is 77.9 Å². The van der Waals surface area contributed by atoms with E-state index < -0.39 is 0 Å². The predicted molar refractivity (Wildman–Crippen MR) is 216 cm³/mol. The molecule has 0 nitrogen and oxygen atoms in total. The first-order valence-electron chi connectivity index (χ1n) is 17.9. The molecule has 0 atom stereocenters. The van der Waals surface area contributed by atoms with Crippen LogP contribution in [0.1, 0.15) is 33.4 Å². The molecule has 0 saturated carbocycles. The lowest BCUT2D eigenvalue weighted by Gasteiger charge is -2.20. The molecule has 0 aliphatic heterocycles. The maximum atomic E-state index is 2.33. The molecule has 0 aliphatic carbocycles. The zero-order valence-electron chi connectivity index (χ0n) is 28.8. The zero-order chi connectivity index (χ0) is 34.2. The summed E-state index contributed by atoms with van der Waals surface area (Å²) >= 11 is 0. The van der Waals surface area contributed by atoms with Gasteiger partial charge in [-0.25, -0.2) is 0 Å². The molecule has 0 aliphatic rings. The van der Waals surface area contributed by atoms with E-state index in [4.69, 9.17) is 0 Å². The van der Waals surface area contributed by atoms with Gasteiger partial charge in [-0.3, -0.25) is 0 Å². The number of rotatable bonds is 10. The minimum absolute atomic E-state index is 0.830. The molecular formula is C51H40. The van der Waals surface area contributed by atoms with Crippen LogP contribution in [-0.4, -0.2) is 0 Å². The van der Waals surface area contributed by atoms with Crippen LogP contribution in [0.3, 0.4) is 0 Å². The second kappa shape index (κ2) is 15.1. The fourth-order valence-electron chi connectivity index (χ4n) is 7.61. The van der Waals surface area contributed by atoms with Crippen LogP contribution in [0, 0.1) is 0 Å². The summed E-state index contributed by atoms with van der Waals surface area (Å²) in [6.45, 7) is 0. The quantitative estimate of drug-likeness (QED) is 0.138. The van der Waals surface area contributed by atoms with Crippen molar-refractivity contribution in [2.24, 2.45) is 0 Å². The SMILES string of the molecule is c1ccc(-c2ccccc2Cc2cccc(Cc3cccc(Cc4ccccc4-c4ccccc4)c3-c3ccccc3)c2-c2ccccc2)cc1. The molecule has 8 aromatic carbocycles. The van der Waals surface area contributed by atoms with Gasteiger partial charge in [0.1, 0.15) is 0 Å². The van der Waals surface area contributed by atoms with E-state index in [2.05, 4.69) is 206 Å². The first kappa shape index (κ1) is 32.0. The maximum Gasteiger partial charge on any atom is -0.00132 e. The van der Waals surface area contributed by atoms with Gasteiger partial charge in [0.25, 0.3) is 0 Å². The Hall–Kier alpha value is -6.24. The van der Waals surface area contributed by atoms with Crippen LogP contribution in [0.15, 0.2) is 206 Å². The van der Waals surface area contributed by atoms with Crippen molar-refractivity contribution in [2.45, 2.75) is 19.3 Å². The Labute approximate surface area is 302 Å². The molecule has 0 saturated heterocycles. The van der Waals surface area contributed by atoms with E-state index in [-0.39, 0.29) is 0 Å². The second-order valence-electron chi connectivity index (χ2n) is 13.2. The normalized spacial score (nSPS) is 11.0. The molecule has 0 fully saturated rings. The standard InChI is InChI=1S/C51H40/c1-5-19-38(20-6-1)48-33-15-13-27-42(48)35-44-29-17-31-46(50(44)40-23-9-3-10-24-40)37-47-32-18-30-45(51(47)41-25-11-4-12-26-41)36-43-28-14-16-34-49(43)39-21-7-2-8-22-39/h1-34H,35-37H2. The van der Waals surface area contributed by atoms with Crippen LogP contribution in [0.2, 0.25) is 0 Å². The van der Waals surface area contributed by atoms with Gasteiger partial charge < -0.3 is 0 Å². The van der Waals surface area contributed by atoms with Crippen molar-refractivity contribution in [1.82, 2.24) is 0 Å².